The molecule has 1 aliphatic heterocycles. The average molecular weight is 424 g/mol. The molecule has 0 radical (unpaired) electrons. The Morgan fingerprint density at radius 1 is 1.24 bits per heavy atom. The maximum absolute atomic E-state index is 14.5. The molecule has 0 atom stereocenters. The molecule has 0 spiro atoms. The van der Waals surface area contributed by atoms with Gasteiger partial charge in [-0.1, -0.05) is 0 Å². The molecule has 1 aliphatic rings. The first-order valence-corrected chi connectivity index (χ1v) is 7.63. The second kappa shape index (κ2) is 7.87. The summed E-state index contributed by atoms with van der Waals surface area (Å²) in [6.45, 7) is -0.545. The topological polar surface area (TPSA) is 65.1 Å². The van der Waals surface area contributed by atoms with E-state index in [1.807, 2.05) is 0 Å². The summed E-state index contributed by atoms with van der Waals surface area (Å²) in [4.78, 5) is 25.0. The minimum absolute atomic E-state index is 0.0427. The first-order chi connectivity index (χ1) is 11.8. The Morgan fingerprint density at radius 2 is 1.88 bits per heavy atom. The predicted molar refractivity (Wildman–Crippen MR) is 83.4 cm³/mol. The third-order valence-electron chi connectivity index (χ3n) is 3.39. The Labute approximate surface area is 149 Å². The summed E-state index contributed by atoms with van der Waals surface area (Å²) in [6, 6.07) is 1.66. The van der Waals surface area contributed by atoms with E-state index in [9.17, 15) is 22.8 Å². The highest BCUT2D eigenvalue weighted by molar-refractivity contribution is 9.10. The summed E-state index contributed by atoms with van der Waals surface area (Å²) >= 11 is 3.01. The van der Waals surface area contributed by atoms with Crippen LogP contribution in [0.15, 0.2) is 27.9 Å². The number of esters is 2. The fourth-order valence-electron chi connectivity index (χ4n) is 2.29. The van der Waals surface area contributed by atoms with Gasteiger partial charge < -0.3 is 19.1 Å². The number of hydrogen-bond donors (Lipinski definition) is 0. The van der Waals surface area contributed by atoms with E-state index >= 15 is 0 Å². The van der Waals surface area contributed by atoms with Gasteiger partial charge in [-0.05, 0) is 28.1 Å². The normalized spacial score (nSPS) is 14.8. The molecule has 0 aromatic heterocycles. The summed E-state index contributed by atoms with van der Waals surface area (Å²) in [5.41, 5.74) is -1.25. The molecular formula is C15H13BrF3NO5. The quantitative estimate of drug-likeness (QED) is 0.693. The highest BCUT2D eigenvalue weighted by Gasteiger charge is 2.34. The SMILES string of the molecule is COC(=O)C1=C(C(=O)OC)N(c2c(F)cc(C(F)F)cc2Br)COC1. The highest BCUT2D eigenvalue weighted by atomic mass is 79.9. The lowest BCUT2D eigenvalue weighted by Crippen LogP contribution is -2.39. The lowest BCUT2D eigenvalue weighted by molar-refractivity contribution is -0.140. The molecule has 6 nitrogen and oxygen atoms in total. The van der Waals surface area contributed by atoms with Crippen LogP contribution in [0.1, 0.15) is 12.0 Å². The van der Waals surface area contributed by atoms with Crippen LogP contribution in [0.3, 0.4) is 0 Å². The zero-order valence-electron chi connectivity index (χ0n) is 13.1. The van der Waals surface area contributed by atoms with Gasteiger partial charge in [0.05, 0.1) is 32.1 Å². The van der Waals surface area contributed by atoms with Gasteiger partial charge in [-0.15, -0.1) is 0 Å². The van der Waals surface area contributed by atoms with Crippen LogP contribution in [-0.2, 0) is 23.8 Å². The average Bonchev–Trinajstić information content (AvgIpc) is 2.59. The summed E-state index contributed by atoms with van der Waals surface area (Å²) in [6.07, 6.45) is -2.88. The van der Waals surface area contributed by atoms with E-state index in [-0.39, 0.29) is 34.8 Å². The summed E-state index contributed by atoms with van der Waals surface area (Å²) < 4.78 is 54.5. The first kappa shape index (κ1) is 19.3. The molecule has 136 valence electrons. The Morgan fingerprint density at radius 3 is 2.40 bits per heavy atom. The molecule has 1 aromatic rings. The van der Waals surface area contributed by atoms with Crippen molar-refractivity contribution in [3.8, 4) is 0 Å². The van der Waals surface area contributed by atoms with Crippen molar-refractivity contribution in [2.24, 2.45) is 0 Å². The molecule has 0 bridgehead atoms. The molecule has 0 saturated carbocycles. The van der Waals surface area contributed by atoms with Crippen molar-refractivity contribution >= 4 is 33.6 Å². The minimum atomic E-state index is -2.88. The van der Waals surface area contributed by atoms with Crippen LogP contribution in [0.4, 0.5) is 18.9 Å². The van der Waals surface area contributed by atoms with E-state index in [1.165, 1.54) is 0 Å². The van der Waals surface area contributed by atoms with Crippen LogP contribution in [0.2, 0.25) is 0 Å². The Kier molecular flexibility index (Phi) is 6.07. The van der Waals surface area contributed by atoms with Crippen LogP contribution in [-0.4, -0.2) is 39.5 Å². The van der Waals surface area contributed by atoms with E-state index in [2.05, 4.69) is 25.4 Å². The predicted octanol–water partition coefficient (Wildman–Crippen LogP) is 2.92. The maximum atomic E-state index is 14.5. The lowest BCUT2D eigenvalue weighted by Gasteiger charge is -2.32. The van der Waals surface area contributed by atoms with Crippen molar-refractivity contribution < 1.29 is 37.0 Å². The largest absolute Gasteiger partial charge is 0.466 e. The number of alkyl halides is 2. The van der Waals surface area contributed by atoms with Gasteiger partial charge in [0.2, 0.25) is 0 Å². The van der Waals surface area contributed by atoms with Crippen molar-refractivity contribution in [3.05, 3.63) is 39.3 Å². The Balaban J connectivity index is 2.64. The number of carbonyl (C=O) groups is 2. The molecule has 1 aromatic carbocycles. The van der Waals surface area contributed by atoms with Crippen LogP contribution >= 0.6 is 15.9 Å². The van der Waals surface area contributed by atoms with Gasteiger partial charge in [0, 0.05) is 10.0 Å². The number of benzene rings is 1. The number of carbonyl (C=O) groups excluding carboxylic acids is 2. The van der Waals surface area contributed by atoms with Crippen molar-refractivity contribution in [1.29, 1.82) is 0 Å². The van der Waals surface area contributed by atoms with Gasteiger partial charge in [0.1, 0.15) is 18.2 Å². The number of halogens is 4. The second-order valence-corrected chi connectivity index (χ2v) is 5.70. The molecule has 0 N–H and O–H groups in total. The molecule has 0 aliphatic carbocycles. The molecule has 0 fully saturated rings. The smallest absolute Gasteiger partial charge is 0.355 e. The van der Waals surface area contributed by atoms with Crippen molar-refractivity contribution in [3.63, 3.8) is 0 Å². The van der Waals surface area contributed by atoms with Crippen LogP contribution in [0.25, 0.3) is 0 Å². The molecule has 0 saturated heterocycles. The Hall–Kier alpha value is -2.07. The zero-order chi connectivity index (χ0) is 18.7. The number of methoxy groups -OCH3 is 2. The minimum Gasteiger partial charge on any atom is -0.466 e. The van der Waals surface area contributed by atoms with E-state index in [0.29, 0.717) is 6.07 Å². The zero-order valence-corrected chi connectivity index (χ0v) is 14.7. The molecule has 10 heteroatoms. The van der Waals surface area contributed by atoms with Crippen molar-refractivity contribution in [1.82, 2.24) is 0 Å². The van der Waals surface area contributed by atoms with Crippen molar-refractivity contribution in [2.75, 3.05) is 32.5 Å². The van der Waals surface area contributed by atoms with Crippen molar-refractivity contribution in [2.45, 2.75) is 6.43 Å². The van der Waals surface area contributed by atoms with E-state index in [0.717, 1.165) is 25.2 Å². The number of rotatable bonds is 4. The van der Waals surface area contributed by atoms with Gasteiger partial charge >= 0.3 is 11.9 Å². The molecule has 0 amide bonds. The van der Waals surface area contributed by atoms with Crippen LogP contribution in [0.5, 0.6) is 0 Å². The first-order valence-electron chi connectivity index (χ1n) is 6.84. The molecule has 0 unspecified atom stereocenters. The standard InChI is InChI=1S/C15H13BrF3NO5/c1-23-14(21)8-5-25-6-20(11(8)15(22)24-2)12-9(16)3-7(13(18)19)4-10(12)17/h3-4,13H,5-6H2,1-2H3. The van der Waals surface area contributed by atoms with E-state index in [1.54, 1.807) is 0 Å². The molecule has 25 heavy (non-hydrogen) atoms. The summed E-state index contributed by atoms with van der Waals surface area (Å²) in [5.74, 6) is -2.81. The Bertz CT molecular complexity index is 715. The third-order valence-corrected chi connectivity index (χ3v) is 4.00. The third kappa shape index (κ3) is 3.79. The van der Waals surface area contributed by atoms with Gasteiger partial charge in [0.15, 0.2) is 0 Å². The number of hydrogen-bond acceptors (Lipinski definition) is 6. The molecular weight excluding hydrogens is 411 g/mol. The number of nitrogens with zero attached hydrogens (tertiary/aromatic N) is 1. The number of anilines is 1. The molecule has 2 rings (SSSR count). The summed E-state index contributed by atoms with van der Waals surface area (Å²) in [7, 11) is 2.19. The van der Waals surface area contributed by atoms with Gasteiger partial charge in [-0.3, -0.25) is 0 Å². The van der Waals surface area contributed by atoms with Crippen LogP contribution in [0, 0.1) is 5.82 Å². The van der Waals surface area contributed by atoms with E-state index in [4.69, 9.17) is 4.74 Å². The maximum Gasteiger partial charge on any atom is 0.355 e. The second-order valence-electron chi connectivity index (χ2n) is 4.85. The van der Waals surface area contributed by atoms with Gasteiger partial charge in [-0.2, -0.15) is 0 Å². The number of ether oxygens (including phenoxy) is 3. The van der Waals surface area contributed by atoms with Crippen LogP contribution < -0.4 is 4.90 Å². The highest BCUT2D eigenvalue weighted by Crippen LogP contribution is 2.37. The van der Waals surface area contributed by atoms with E-state index < -0.39 is 29.7 Å². The fourth-order valence-corrected chi connectivity index (χ4v) is 2.96. The monoisotopic (exact) mass is 423 g/mol. The fraction of sp³-hybridized carbons (Fsp3) is 0.333. The van der Waals surface area contributed by atoms with Gasteiger partial charge in [0.25, 0.3) is 6.43 Å². The summed E-state index contributed by atoms with van der Waals surface area (Å²) in [5, 5.41) is 0. The lowest BCUT2D eigenvalue weighted by atomic mass is 10.1. The van der Waals surface area contributed by atoms with Gasteiger partial charge in [-0.25, -0.2) is 22.8 Å². The molecule has 1 heterocycles.